The Balaban J connectivity index is 0.00000304. The van der Waals surface area contributed by atoms with Crippen LogP contribution in [0.15, 0.2) is 76.5 Å². The van der Waals surface area contributed by atoms with Gasteiger partial charge in [0, 0.05) is 55.1 Å². The number of rotatable bonds is 5. The lowest BCUT2D eigenvalue weighted by Gasteiger charge is -2.19. The van der Waals surface area contributed by atoms with Crippen LogP contribution in [0.1, 0.15) is 32.8 Å². The van der Waals surface area contributed by atoms with Gasteiger partial charge in [0.1, 0.15) is 11.5 Å². The topological polar surface area (TPSA) is 96.6 Å². The number of β-amino-alcohol motifs (C(OH)–C–C–N with tert-alkyl or cyclic N) is 2. The van der Waals surface area contributed by atoms with Crippen LogP contribution >= 0.6 is 0 Å². The fraction of sp³-hybridized carbons (Fsp3) is 0.379. The number of aliphatic hydroxyl groups is 3. The van der Waals surface area contributed by atoms with Crippen molar-refractivity contribution in [2.75, 3.05) is 36.0 Å². The predicted octanol–water partition coefficient (Wildman–Crippen LogP) is 4.12. The van der Waals surface area contributed by atoms with E-state index in [0.29, 0.717) is 42.1 Å². The molecule has 190 valence electrons. The number of carbonyl (C=O) groups is 1. The van der Waals surface area contributed by atoms with Gasteiger partial charge in [-0.05, 0) is 67.8 Å². The summed E-state index contributed by atoms with van der Waals surface area (Å²) in [6.45, 7) is 4.57. The van der Waals surface area contributed by atoms with Crippen LogP contribution in [0.4, 0.5) is 17.1 Å². The van der Waals surface area contributed by atoms with Crippen molar-refractivity contribution in [3.05, 3.63) is 77.1 Å². The molecule has 3 N–H and O–H groups in total. The molecular weight excluding hydrogens is 454 g/mol. The number of aliphatic imine (C=N–C) groups is 1. The van der Waals surface area contributed by atoms with Crippen molar-refractivity contribution < 1.29 is 20.1 Å². The van der Waals surface area contributed by atoms with Crippen molar-refractivity contribution in [2.24, 2.45) is 4.99 Å². The van der Waals surface area contributed by atoms with Gasteiger partial charge in [-0.1, -0.05) is 19.6 Å². The maximum atomic E-state index is 12.8. The van der Waals surface area contributed by atoms with Crippen molar-refractivity contribution in [1.29, 1.82) is 0 Å². The Labute approximate surface area is 212 Å². The number of Topliss-reactive ketones (excluding diaryl/α,β-unsaturated/α-hetero) is 1. The maximum Gasteiger partial charge on any atom is 0.210 e. The Bertz CT molecular complexity index is 1200. The SMILES string of the molecule is C.CC1=C(O)C(Cc2ccc(N3CCC(O)C3)cc2)=CC(=Nc2ccc(N3CCC(O)C3)cc2)C1=O. The van der Waals surface area contributed by atoms with E-state index in [4.69, 9.17) is 0 Å². The summed E-state index contributed by atoms with van der Waals surface area (Å²) in [6.07, 6.45) is 3.16. The van der Waals surface area contributed by atoms with Crippen molar-refractivity contribution in [1.82, 2.24) is 0 Å². The number of ketones is 1. The zero-order valence-corrected chi connectivity index (χ0v) is 19.9. The summed E-state index contributed by atoms with van der Waals surface area (Å²) in [5.41, 5.74) is 5.05. The molecule has 0 bridgehead atoms. The van der Waals surface area contributed by atoms with Gasteiger partial charge >= 0.3 is 0 Å². The van der Waals surface area contributed by atoms with Crippen LogP contribution in [-0.2, 0) is 11.2 Å². The normalized spacial score (nSPS) is 23.4. The second-order valence-corrected chi connectivity index (χ2v) is 9.61. The highest BCUT2D eigenvalue weighted by Gasteiger charge is 2.25. The zero-order valence-electron chi connectivity index (χ0n) is 19.9. The monoisotopic (exact) mass is 489 g/mol. The summed E-state index contributed by atoms with van der Waals surface area (Å²) in [4.78, 5) is 21.7. The molecule has 2 aliphatic heterocycles. The molecule has 5 rings (SSSR count). The first-order valence-corrected chi connectivity index (χ1v) is 12.2. The first-order chi connectivity index (χ1) is 16.9. The average Bonchev–Trinajstić information content (AvgIpc) is 3.50. The molecule has 2 aromatic carbocycles. The van der Waals surface area contributed by atoms with E-state index in [-0.39, 0.29) is 31.2 Å². The molecule has 0 radical (unpaired) electrons. The molecule has 1 aliphatic carbocycles. The lowest BCUT2D eigenvalue weighted by atomic mass is 9.91. The van der Waals surface area contributed by atoms with E-state index in [0.717, 1.165) is 42.9 Å². The molecule has 7 nitrogen and oxygen atoms in total. The van der Waals surface area contributed by atoms with Gasteiger partial charge in [-0.15, -0.1) is 0 Å². The Morgan fingerprint density at radius 2 is 1.42 bits per heavy atom. The highest BCUT2D eigenvalue weighted by Crippen LogP contribution is 2.28. The average molecular weight is 490 g/mol. The first-order valence-electron chi connectivity index (χ1n) is 12.2. The number of carbonyl (C=O) groups excluding carboxylic acids is 1. The molecule has 2 atom stereocenters. The highest BCUT2D eigenvalue weighted by atomic mass is 16.3. The molecule has 36 heavy (non-hydrogen) atoms. The van der Waals surface area contributed by atoms with Crippen molar-refractivity contribution >= 4 is 28.6 Å². The van der Waals surface area contributed by atoms with Gasteiger partial charge in [-0.2, -0.15) is 0 Å². The summed E-state index contributed by atoms with van der Waals surface area (Å²) in [5.74, 6) is -0.260. The molecule has 0 spiro atoms. The number of hydrogen-bond acceptors (Lipinski definition) is 7. The minimum Gasteiger partial charge on any atom is -0.507 e. The Morgan fingerprint density at radius 3 is 1.92 bits per heavy atom. The van der Waals surface area contributed by atoms with Gasteiger partial charge in [0.25, 0.3) is 0 Å². The van der Waals surface area contributed by atoms with Crippen LogP contribution in [0.2, 0.25) is 0 Å². The molecule has 2 saturated heterocycles. The van der Waals surface area contributed by atoms with E-state index in [9.17, 15) is 20.1 Å². The lowest BCUT2D eigenvalue weighted by Crippen LogP contribution is -2.21. The smallest absolute Gasteiger partial charge is 0.210 e. The minimum atomic E-state index is -0.287. The second kappa shape index (κ2) is 10.7. The van der Waals surface area contributed by atoms with E-state index < -0.39 is 0 Å². The van der Waals surface area contributed by atoms with Crippen LogP contribution < -0.4 is 9.80 Å². The summed E-state index contributed by atoms with van der Waals surface area (Å²) in [5, 5.41) is 30.2. The summed E-state index contributed by atoms with van der Waals surface area (Å²) in [7, 11) is 0. The molecule has 0 amide bonds. The zero-order chi connectivity index (χ0) is 24.5. The number of allylic oxidation sites excluding steroid dienone is 3. The number of aliphatic hydroxyl groups excluding tert-OH is 3. The fourth-order valence-electron chi connectivity index (χ4n) is 4.93. The van der Waals surface area contributed by atoms with Crippen LogP contribution in [-0.4, -0.2) is 65.2 Å². The third-order valence-electron chi connectivity index (χ3n) is 7.03. The molecule has 0 saturated carbocycles. The molecule has 7 heteroatoms. The predicted molar refractivity (Wildman–Crippen MR) is 145 cm³/mol. The standard InChI is InChI=1S/C28H31N3O4.CH4/c1-18-27(34)20(14-19-2-6-22(7-3-19)30-12-10-24(32)16-30)15-26(28(18)35)29-21-4-8-23(9-5-21)31-13-11-25(33)17-31;/h2-9,15,24-25,32-34H,10-14,16-17H2,1H3;1H4. The van der Waals surface area contributed by atoms with Crippen LogP contribution in [0.25, 0.3) is 0 Å². The fourth-order valence-corrected chi connectivity index (χ4v) is 4.93. The second-order valence-electron chi connectivity index (χ2n) is 9.61. The molecule has 2 aromatic rings. The largest absolute Gasteiger partial charge is 0.507 e. The summed E-state index contributed by atoms with van der Waals surface area (Å²) >= 11 is 0. The van der Waals surface area contributed by atoms with Gasteiger partial charge in [-0.3, -0.25) is 4.79 Å². The minimum absolute atomic E-state index is 0. The van der Waals surface area contributed by atoms with Gasteiger partial charge in [0.05, 0.1) is 17.9 Å². The highest BCUT2D eigenvalue weighted by molar-refractivity contribution is 6.51. The quantitative estimate of drug-likeness (QED) is 0.547. The van der Waals surface area contributed by atoms with Gasteiger partial charge in [0.15, 0.2) is 0 Å². The summed E-state index contributed by atoms with van der Waals surface area (Å²) in [6, 6.07) is 15.8. The number of nitrogens with zero attached hydrogens (tertiary/aromatic N) is 3. The molecule has 2 fully saturated rings. The van der Waals surface area contributed by atoms with Crippen molar-refractivity contribution in [3.8, 4) is 0 Å². The Kier molecular flexibility index (Phi) is 7.62. The van der Waals surface area contributed by atoms with Gasteiger partial charge in [-0.25, -0.2) is 4.99 Å². The van der Waals surface area contributed by atoms with E-state index in [1.54, 1.807) is 13.0 Å². The van der Waals surface area contributed by atoms with Crippen LogP contribution in [0.3, 0.4) is 0 Å². The van der Waals surface area contributed by atoms with E-state index >= 15 is 0 Å². The third-order valence-corrected chi connectivity index (χ3v) is 7.03. The van der Waals surface area contributed by atoms with Gasteiger partial charge in [0.2, 0.25) is 5.78 Å². The molecular formula is C29H35N3O4. The van der Waals surface area contributed by atoms with E-state index in [1.165, 1.54) is 0 Å². The summed E-state index contributed by atoms with van der Waals surface area (Å²) < 4.78 is 0. The van der Waals surface area contributed by atoms with E-state index in [2.05, 4.69) is 14.8 Å². The van der Waals surface area contributed by atoms with Crippen molar-refractivity contribution in [2.45, 2.75) is 45.8 Å². The molecule has 2 heterocycles. The number of benzene rings is 2. The lowest BCUT2D eigenvalue weighted by molar-refractivity contribution is -0.109. The number of anilines is 2. The van der Waals surface area contributed by atoms with Crippen molar-refractivity contribution in [3.63, 3.8) is 0 Å². The van der Waals surface area contributed by atoms with E-state index in [1.807, 2.05) is 48.5 Å². The number of hydrogen-bond donors (Lipinski definition) is 3. The Hall–Kier alpha value is -3.42. The molecule has 2 unspecified atom stereocenters. The maximum absolute atomic E-state index is 12.8. The van der Waals surface area contributed by atoms with Crippen LogP contribution in [0, 0.1) is 0 Å². The first kappa shape index (κ1) is 25.7. The molecule has 3 aliphatic rings. The third kappa shape index (κ3) is 5.37. The Morgan fingerprint density at radius 1 is 0.889 bits per heavy atom. The molecule has 0 aromatic heterocycles. The van der Waals surface area contributed by atoms with Crippen LogP contribution in [0.5, 0.6) is 0 Å². The van der Waals surface area contributed by atoms with Gasteiger partial charge < -0.3 is 25.1 Å².